The van der Waals surface area contributed by atoms with Crippen molar-refractivity contribution in [3.8, 4) is 0 Å². The Morgan fingerprint density at radius 3 is 2.25 bits per heavy atom. The standard InChI is InChI=1S/C17H27N3O4S.C2HF3O2/c1-14-4-5-16(15(2)12-14)25(22,23)20(10-11-24-3)13-17(21)19-8-6-18-7-9-19;3-2(4,5)1(6)7/h4-5,12,18H,6-11,13H2,1-3H3;(H,6,7). The van der Waals surface area contributed by atoms with Crippen molar-refractivity contribution in [2.75, 3.05) is 53.0 Å². The molecule has 1 aromatic rings. The molecule has 0 aliphatic carbocycles. The highest BCUT2D eigenvalue weighted by Gasteiger charge is 2.38. The van der Waals surface area contributed by atoms with Gasteiger partial charge in [-0.25, -0.2) is 13.2 Å². The predicted octanol–water partition coefficient (Wildman–Crippen LogP) is 1.01. The van der Waals surface area contributed by atoms with Crippen molar-refractivity contribution in [1.29, 1.82) is 0 Å². The summed E-state index contributed by atoms with van der Waals surface area (Å²) in [6.45, 7) is 6.55. The second-order valence-electron chi connectivity index (χ2n) is 7.03. The lowest BCUT2D eigenvalue weighted by Crippen LogP contribution is -2.50. The van der Waals surface area contributed by atoms with E-state index in [0.717, 1.165) is 18.7 Å². The molecule has 1 aliphatic heterocycles. The first-order valence-corrected chi connectivity index (χ1v) is 11.1. The van der Waals surface area contributed by atoms with E-state index in [1.165, 1.54) is 11.4 Å². The zero-order valence-electron chi connectivity index (χ0n) is 18.1. The third kappa shape index (κ3) is 8.37. The molecule has 0 spiro atoms. The number of methoxy groups -OCH3 is 1. The van der Waals surface area contributed by atoms with E-state index in [1.807, 2.05) is 13.0 Å². The van der Waals surface area contributed by atoms with Gasteiger partial charge in [0.15, 0.2) is 0 Å². The van der Waals surface area contributed by atoms with Crippen molar-refractivity contribution in [2.24, 2.45) is 0 Å². The zero-order valence-corrected chi connectivity index (χ0v) is 18.9. The third-order valence-electron chi connectivity index (χ3n) is 4.52. The SMILES string of the molecule is COCCN(CC(=O)N1CCNCC1)S(=O)(=O)c1ccc(C)cc1C.O=C(O)C(F)(F)F. The summed E-state index contributed by atoms with van der Waals surface area (Å²) in [5.41, 5.74) is 1.67. The van der Waals surface area contributed by atoms with Gasteiger partial charge in [-0.05, 0) is 25.5 Å². The zero-order chi connectivity index (χ0) is 24.5. The number of nitrogens with one attached hydrogen (secondary N) is 1. The number of amides is 1. The Hall–Kier alpha value is -2.22. The maximum atomic E-state index is 13.1. The van der Waals surface area contributed by atoms with Gasteiger partial charge in [0.1, 0.15) is 0 Å². The number of ether oxygens (including phenoxy) is 1. The molecular weight excluding hydrogens is 455 g/mol. The van der Waals surface area contributed by atoms with Crippen molar-refractivity contribution in [1.82, 2.24) is 14.5 Å². The molecule has 2 N–H and O–H groups in total. The molecule has 1 heterocycles. The van der Waals surface area contributed by atoms with Crippen molar-refractivity contribution >= 4 is 21.9 Å². The number of sulfonamides is 1. The van der Waals surface area contributed by atoms with Gasteiger partial charge in [-0.3, -0.25) is 4.79 Å². The first kappa shape index (κ1) is 27.8. The molecule has 1 saturated heterocycles. The van der Waals surface area contributed by atoms with E-state index in [-0.39, 0.29) is 30.5 Å². The van der Waals surface area contributed by atoms with Crippen molar-refractivity contribution in [3.05, 3.63) is 29.3 Å². The van der Waals surface area contributed by atoms with Gasteiger partial charge in [-0.1, -0.05) is 17.7 Å². The van der Waals surface area contributed by atoms with E-state index in [1.54, 1.807) is 24.0 Å². The summed E-state index contributed by atoms with van der Waals surface area (Å²) in [5, 5.41) is 10.3. The fourth-order valence-corrected chi connectivity index (χ4v) is 4.45. The monoisotopic (exact) mass is 483 g/mol. The topological polar surface area (TPSA) is 116 Å². The van der Waals surface area contributed by atoms with Gasteiger partial charge in [0.05, 0.1) is 18.0 Å². The number of piperazine rings is 1. The van der Waals surface area contributed by atoms with Crippen LogP contribution in [0.25, 0.3) is 0 Å². The lowest BCUT2D eigenvalue weighted by atomic mass is 10.2. The molecule has 1 aromatic carbocycles. The van der Waals surface area contributed by atoms with Crippen molar-refractivity contribution in [2.45, 2.75) is 24.9 Å². The lowest BCUT2D eigenvalue weighted by molar-refractivity contribution is -0.192. The third-order valence-corrected chi connectivity index (χ3v) is 6.52. The Labute approximate surface area is 185 Å². The van der Waals surface area contributed by atoms with Crippen LogP contribution in [0.15, 0.2) is 23.1 Å². The minimum Gasteiger partial charge on any atom is -0.475 e. The molecule has 0 atom stereocenters. The number of alkyl halides is 3. The van der Waals surface area contributed by atoms with Crippen LogP contribution in [-0.2, 0) is 24.3 Å². The van der Waals surface area contributed by atoms with Crippen LogP contribution in [0.4, 0.5) is 13.2 Å². The number of aryl methyl sites for hydroxylation is 2. The maximum Gasteiger partial charge on any atom is 0.490 e. The molecular formula is C19H28F3N3O6S. The number of aliphatic carboxylic acids is 1. The average molecular weight is 484 g/mol. The van der Waals surface area contributed by atoms with Gasteiger partial charge < -0.3 is 20.1 Å². The maximum absolute atomic E-state index is 13.1. The van der Waals surface area contributed by atoms with Crippen LogP contribution in [0.5, 0.6) is 0 Å². The second-order valence-corrected chi connectivity index (χ2v) is 8.94. The summed E-state index contributed by atoms with van der Waals surface area (Å²) >= 11 is 0. The van der Waals surface area contributed by atoms with Gasteiger partial charge in [-0.2, -0.15) is 17.5 Å². The van der Waals surface area contributed by atoms with Gasteiger partial charge in [-0.15, -0.1) is 0 Å². The van der Waals surface area contributed by atoms with Crippen LogP contribution >= 0.6 is 0 Å². The summed E-state index contributed by atoms with van der Waals surface area (Å²) in [6.07, 6.45) is -5.08. The van der Waals surface area contributed by atoms with E-state index < -0.39 is 22.2 Å². The van der Waals surface area contributed by atoms with Crippen LogP contribution < -0.4 is 5.32 Å². The number of benzene rings is 1. The Balaban J connectivity index is 0.000000633. The fourth-order valence-electron chi connectivity index (χ4n) is 2.87. The van der Waals surface area contributed by atoms with Crippen LogP contribution in [0.3, 0.4) is 0 Å². The summed E-state index contributed by atoms with van der Waals surface area (Å²) < 4.78 is 64.1. The molecule has 0 unspecified atom stereocenters. The van der Waals surface area contributed by atoms with E-state index >= 15 is 0 Å². The number of hydrogen-bond donors (Lipinski definition) is 2. The molecule has 0 radical (unpaired) electrons. The van der Waals surface area contributed by atoms with Crippen LogP contribution in [0, 0.1) is 13.8 Å². The minimum absolute atomic E-state index is 0.143. The van der Waals surface area contributed by atoms with E-state index in [0.29, 0.717) is 18.7 Å². The summed E-state index contributed by atoms with van der Waals surface area (Å²) in [7, 11) is -2.25. The molecule has 1 fully saturated rings. The lowest BCUT2D eigenvalue weighted by Gasteiger charge is -2.30. The molecule has 9 nitrogen and oxygen atoms in total. The summed E-state index contributed by atoms with van der Waals surface area (Å²) in [6, 6.07) is 5.21. The van der Waals surface area contributed by atoms with Crippen LogP contribution in [-0.4, -0.2) is 93.8 Å². The van der Waals surface area contributed by atoms with Gasteiger partial charge in [0.2, 0.25) is 15.9 Å². The molecule has 1 aliphatic rings. The van der Waals surface area contributed by atoms with Gasteiger partial charge >= 0.3 is 12.1 Å². The van der Waals surface area contributed by atoms with E-state index in [2.05, 4.69) is 5.32 Å². The average Bonchev–Trinajstić information content (AvgIpc) is 2.71. The number of halogens is 3. The van der Waals surface area contributed by atoms with Gasteiger partial charge in [0.25, 0.3) is 0 Å². The molecule has 182 valence electrons. The van der Waals surface area contributed by atoms with E-state index in [9.17, 15) is 26.4 Å². The Morgan fingerprint density at radius 1 is 1.22 bits per heavy atom. The number of rotatable bonds is 7. The first-order valence-electron chi connectivity index (χ1n) is 9.65. The minimum atomic E-state index is -5.08. The number of carboxylic acid groups (broad SMARTS) is 1. The quantitative estimate of drug-likeness (QED) is 0.595. The second kappa shape index (κ2) is 12.1. The predicted molar refractivity (Wildman–Crippen MR) is 110 cm³/mol. The molecule has 0 bridgehead atoms. The van der Waals surface area contributed by atoms with Crippen molar-refractivity contribution < 1.29 is 41.0 Å². The Morgan fingerprint density at radius 2 is 1.78 bits per heavy atom. The molecule has 0 saturated carbocycles. The number of carboxylic acids is 1. The molecule has 13 heteroatoms. The largest absolute Gasteiger partial charge is 0.490 e. The van der Waals surface area contributed by atoms with Crippen LogP contribution in [0.2, 0.25) is 0 Å². The van der Waals surface area contributed by atoms with Crippen LogP contribution in [0.1, 0.15) is 11.1 Å². The Kier molecular flexibility index (Phi) is 10.5. The Bertz CT molecular complexity index is 887. The fraction of sp³-hybridized carbons (Fsp3) is 0.579. The molecule has 2 rings (SSSR count). The summed E-state index contributed by atoms with van der Waals surface area (Å²) in [5.74, 6) is -2.93. The smallest absolute Gasteiger partial charge is 0.475 e. The first-order chi connectivity index (χ1) is 14.8. The number of hydrogen-bond acceptors (Lipinski definition) is 6. The summed E-state index contributed by atoms with van der Waals surface area (Å²) in [4.78, 5) is 23.4. The molecule has 0 aromatic heterocycles. The molecule has 1 amide bonds. The molecule has 32 heavy (non-hydrogen) atoms. The highest BCUT2D eigenvalue weighted by molar-refractivity contribution is 7.89. The number of carbonyl (C=O) groups excluding carboxylic acids is 1. The normalized spacial score (nSPS) is 14.7. The van der Waals surface area contributed by atoms with E-state index in [4.69, 9.17) is 14.6 Å². The highest BCUT2D eigenvalue weighted by atomic mass is 32.2. The van der Waals surface area contributed by atoms with Crippen molar-refractivity contribution in [3.63, 3.8) is 0 Å². The highest BCUT2D eigenvalue weighted by Crippen LogP contribution is 2.21. The number of nitrogens with zero attached hydrogens (tertiary/aromatic N) is 2. The van der Waals surface area contributed by atoms with Gasteiger partial charge in [0, 0.05) is 39.8 Å². The number of carbonyl (C=O) groups is 2.